The Kier molecular flexibility index (Phi) is 4.60. The molecule has 1 atom stereocenters. The third kappa shape index (κ3) is 3.61. The molecular formula is C20H20O. The fraction of sp³-hybridized carbons (Fsp3) is 0.250. The number of carbonyl (C=O) groups excluding carboxylic acids is 1. The molecule has 0 aromatic heterocycles. The fourth-order valence-electron chi connectivity index (χ4n) is 2.06. The summed E-state index contributed by atoms with van der Waals surface area (Å²) in [6.07, 6.45) is 0.694. The molecule has 0 saturated heterocycles. The SMILES string of the molecule is CCC(C)(C#Cc1ccccc1)C(=O)c1ccc(C)cc1. The van der Waals surface area contributed by atoms with E-state index in [-0.39, 0.29) is 5.78 Å². The first-order valence-electron chi connectivity index (χ1n) is 7.25. The summed E-state index contributed by atoms with van der Waals surface area (Å²) in [6, 6.07) is 17.5. The summed E-state index contributed by atoms with van der Waals surface area (Å²) < 4.78 is 0. The van der Waals surface area contributed by atoms with E-state index in [1.165, 1.54) is 0 Å². The van der Waals surface area contributed by atoms with E-state index in [2.05, 4.69) is 11.8 Å². The normalized spacial score (nSPS) is 12.9. The van der Waals surface area contributed by atoms with E-state index < -0.39 is 5.41 Å². The zero-order valence-electron chi connectivity index (χ0n) is 12.8. The average molecular weight is 276 g/mol. The molecule has 106 valence electrons. The molecule has 1 unspecified atom stereocenters. The van der Waals surface area contributed by atoms with Crippen LogP contribution in [-0.4, -0.2) is 5.78 Å². The van der Waals surface area contributed by atoms with E-state index in [9.17, 15) is 4.79 Å². The molecule has 0 radical (unpaired) electrons. The zero-order chi connectivity index (χ0) is 15.3. The maximum Gasteiger partial charge on any atom is 0.180 e. The van der Waals surface area contributed by atoms with Crippen LogP contribution in [0.1, 0.15) is 41.8 Å². The summed E-state index contributed by atoms with van der Waals surface area (Å²) in [7, 11) is 0. The highest BCUT2D eigenvalue weighted by Crippen LogP contribution is 2.26. The molecule has 0 aliphatic rings. The zero-order valence-corrected chi connectivity index (χ0v) is 12.8. The maximum atomic E-state index is 12.7. The smallest absolute Gasteiger partial charge is 0.180 e. The van der Waals surface area contributed by atoms with Crippen LogP contribution in [0.4, 0.5) is 0 Å². The molecule has 0 amide bonds. The molecule has 0 N–H and O–H groups in total. The van der Waals surface area contributed by atoms with Crippen molar-refractivity contribution in [2.45, 2.75) is 27.2 Å². The standard InChI is InChI=1S/C20H20O/c1-4-20(3,15-14-17-8-6-5-7-9-17)19(21)18-12-10-16(2)11-13-18/h5-13H,4H2,1-3H3. The third-order valence-corrected chi connectivity index (χ3v) is 3.78. The quantitative estimate of drug-likeness (QED) is 0.589. The van der Waals surface area contributed by atoms with Gasteiger partial charge in [0.25, 0.3) is 0 Å². The van der Waals surface area contributed by atoms with E-state index in [1.807, 2.05) is 75.4 Å². The average Bonchev–Trinajstić information content (AvgIpc) is 2.53. The second-order valence-corrected chi connectivity index (χ2v) is 5.50. The molecule has 0 heterocycles. The summed E-state index contributed by atoms with van der Waals surface area (Å²) in [5.74, 6) is 6.39. The van der Waals surface area contributed by atoms with Gasteiger partial charge in [0, 0.05) is 11.1 Å². The van der Waals surface area contributed by atoms with Crippen molar-refractivity contribution in [3.63, 3.8) is 0 Å². The van der Waals surface area contributed by atoms with Crippen molar-refractivity contribution in [3.8, 4) is 11.8 Å². The molecule has 2 rings (SSSR count). The first kappa shape index (κ1) is 15.1. The van der Waals surface area contributed by atoms with Crippen LogP contribution in [0.25, 0.3) is 0 Å². The van der Waals surface area contributed by atoms with Crippen LogP contribution < -0.4 is 0 Å². The minimum atomic E-state index is -0.648. The Morgan fingerprint density at radius 1 is 1.05 bits per heavy atom. The minimum absolute atomic E-state index is 0.0911. The van der Waals surface area contributed by atoms with Crippen LogP contribution >= 0.6 is 0 Å². The van der Waals surface area contributed by atoms with Crippen molar-refractivity contribution in [1.82, 2.24) is 0 Å². The second-order valence-electron chi connectivity index (χ2n) is 5.50. The Labute approximate surface area is 127 Å². The Balaban J connectivity index is 2.31. The number of aryl methyl sites for hydroxylation is 1. The molecule has 0 spiro atoms. The Morgan fingerprint density at radius 2 is 1.67 bits per heavy atom. The molecular weight excluding hydrogens is 256 g/mol. The van der Waals surface area contributed by atoms with Crippen molar-refractivity contribution in [2.75, 3.05) is 0 Å². The molecule has 0 saturated carbocycles. The molecule has 0 aliphatic carbocycles. The van der Waals surface area contributed by atoms with Gasteiger partial charge in [-0.1, -0.05) is 66.8 Å². The van der Waals surface area contributed by atoms with Gasteiger partial charge in [-0.2, -0.15) is 0 Å². The van der Waals surface area contributed by atoms with E-state index in [4.69, 9.17) is 0 Å². The van der Waals surface area contributed by atoms with Gasteiger partial charge < -0.3 is 0 Å². The van der Waals surface area contributed by atoms with Crippen molar-refractivity contribution in [2.24, 2.45) is 5.41 Å². The summed E-state index contributed by atoms with van der Waals surface area (Å²) in [5.41, 5.74) is 2.17. The Hall–Kier alpha value is -2.33. The number of Topliss-reactive ketones (excluding diaryl/α,β-unsaturated/α-hetero) is 1. The molecule has 0 bridgehead atoms. The molecule has 1 nitrogen and oxygen atoms in total. The highest BCUT2D eigenvalue weighted by molar-refractivity contribution is 6.02. The van der Waals surface area contributed by atoms with E-state index in [0.717, 1.165) is 16.7 Å². The number of hydrogen-bond acceptors (Lipinski definition) is 1. The molecule has 2 aromatic carbocycles. The van der Waals surface area contributed by atoms with Gasteiger partial charge in [0.2, 0.25) is 0 Å². The topological polar surface area (TPSA) is 17.1 Å². The fourth-order valence-corrected chi connectivity index (χ4v) is 2.06. The largest absolute Gasteiger partial charge is 0.292 e. The van der Waals surface area contributed by atoms with E-state index in [0.29, 0.717) is 6.42 Å². The maximum absolute atomic E-state index is 12.7. The van der Waals surface area contributed by atoms with Crippen LogP contribution in [0.2, 0.25) is 0 Å². The van der Waals surface area contributed by atoms with Gasteiger partial charge in [-0.3, -0.25) is 4.79 Å². The molecule has 1 heteroatoms. The number of rotatable bonds is 3. The minimum Gasteiger partial charge on any atom is -0.292 e. The second kappa shape index (κ2) is 6.41. The van der Waals surface area contributed by atoms with E-state index >= 15 is 0 Å². The predicted molar refractivity (Wildman–Crippen MR) is 87.2 cm³/mol. The van der Waals surface area contributed by atoms with Crippen LogP contribution in [0.15, 0.2) is 54.6 Å². The van der Waals surface area contributed by atoms with Crippen molar-refractivity contribution in [3.05, 3.63) is 71.3 Å². The van der Waals surface area contributed by atoms with Crippen molar-refractivity contribution < 1.29 is 4.79 Å². The van der Waals surface area contributed by atoms with Gasteiger partial charge in [0.1, 0.15) is 0 Å². The van der Waals surface area contributed by atoms with Gasteiger partial charge in [-0.05, 0) is 32.4 Å². The third-order valence-electron chi connectivity index (χ3n) is 3.78. The molecule has 2 aromatic rings. The predicted octanol–water partition coefficient (Wildman–Crippen LogP) is 4.65. The van der Waals surface area contributed by atoms with Crippen LogP contribution in [-0.2, 0) is 0 Å². The summed E-state index contributed by atoms with van der Waals surface area (Å²) in [4.78, 5) is 12.7. The Morgan fingerprint density at radius 3 is 2.24 bits per heavy atom. The van der Waals surface area contributed by atoms with Gasteiger partial charge in [-0.15, -0.1) is 0 Å². The lowest BCUT2D eigenvalue weighted by Gasteiger charge is -2.20. The van der Waals surface area contributed by atoms with Crippen LogP contribution in [0.5, 0.6) is 0 Å². The van der Waals surface area contributed by atoms with Gasteiger partial charge >= 0.3 is 0 Å². The van der Waals surface area contributed by atoms with Crippen LogP contribution in [0, 0.1) is 24.2 Å². The first-order valence-corrected chi connectivity index (χ1v) is 7.25. The van der Waals surface area contributed by atoms with Crippen molar-refractivity contribution >= 4 is 5.78 Å². The lowest BCUT2D eigenvalue weighted by Crippen LogP contribution is -2.25. The van der Waals surface area contributed by atoms with Gasteiger partial charge in [-0.25, -0.2) is 0 Å². The summed E-state index contributed by atoms with van der Waals surface area (Å²) in [6.45, 7) is 5.94. The van der Waals surface area contributed by atoms with Gasteiger partial charge in [0.15, 0.2) is 5.78 Å². The highest BCUT2D eigenvalue weighted by Gasteiger charge is 2.29. The number of carbonyl (C=O) groups is 1. The Bertz CT molecular complexity index is 671. The molecule has 21 heavy (non-hydrogen) atoms. The number of ketones is 1. The summed E-state index contributed by atoms with van der Waals surface area (Å²) >= 11 is 0. The van der Waals surface area contributed by atoms with Gasteiger partial charge in [0.05, 0.1) is 5.41 Å². The highest BCUT2D eigenvalue weighted by atomic mass is 16.1. The molecule has 0 fully saturated rings. The number of hydrogen-bond donors (Lipinski definition) is 0. The lowest BCUT2D eigenvalue weighted by molar-refractivity contribution is 0.0874. The van der Waals surface area contributed by atoms with Crippen LogP contribution in [0.3, 0.4) is 0 Å². The number of benzene rings is 2. The first-order chi connectivity index (χ1) is 10.0. The van der Waals surface area contributed by atoms with E-state index in [1.54, 1.807) is 0 Å². The molecule has 0 aliphatic heterocycles. The van der Waals surface area contributed by atoms with Crippen molar-refractivity contribution in [1.29, 1.82) is 0 Å². The monoisotopic (exact) mass is 276 g/mol. The summed E-state index contributed by atoms with van der Waals surface area (Å²) in [5, 5.41) is 0. The lowest BCUT2D eigenvalue weighted by atomic mass is 9.80.